The summed E-state index contributed by atoms with van der Waals surface area (Å²) in [5.74, 6) is 0. The molecule has 0 heterocycles. The van der Waals surface area contributed by atoms with E-state index in [0.717, 1.165) is 0 Å². The van der Waals surface area contributed by atoms with Crippen molar-refractivity contribution in [2.75, 3.05) is 0 Å². The molecule has 45 heavy (non-hydrogen) atoms. The maximum absolute atomic E-state index is 2.41. The molecule has 0 aliphatic heterocycles. The van der Waals surface area contributed by atoms with E-state index >= 15 is 0 Å². The Morgan fingerprint density at radius 1 is 0.289 bits per heavy atom. The molecule has 0 saturated carbocycles. The van der Waals surface area contributed by atoms with Crippen LogP contribution in [-0.4, -0.2) is 0 Å². The zero-order valence-electron chi connectivity index (χ0n) is 30.2. The first kappa shape index (κ1) is 40.3. The maximum Gasteiger partial charge on any atom is 0.357 e. The lowest BCUT2D eigenvalue weighted by atomic mass is 10.0. The van der Waals surface area contributed by atoms with Gasteiger partial charge in [0.05, 0.1) is 0 Å². The van der Waals surface area contributed by atoms with E-state index in [4.69, 9.17) is 0 Å². The molecule has 0 bridgehead atoms. The van der Waals surface area contributed by atoms with Crippen LogP contribution < -0.4 is 21.2 Å². The smallest absolute Gasteiger partial charge is 0.0654 e. The molecule has 0 fully saturated rings. The molecular weight excluding hydrogens is 655 g/mol. The third-order valence-corrected chi connectivity index (χ3v) is 12.4. The van der Waals surface area contributed by atoms with E-state index in [1.165, 1.54) is 204 Å². The molecule has 0 saturated heterocycles. The first-order valence-electron chi connectivity index (χ1n) is 20.1. The minimum atomic E-state index is -0.0656. The fraction of sp³-hybridized carbons (Fsp3) is 0.727. The van der Waals surface area contributed by atoms with Gasteiger partial charge in [-0.2, -0.15) is 0 Å². The molecule has 0 spiro atoms. The second-order valence-corrected chi connectivity index (χ2v) is 17.1. The van der Waals surface area contributed by atoms with Crippen LogP contribution in [0.5, 0.6) is 0 Å². The van der Waals surface area contributed by atoms with Crippen LogP contribution >= 0.6 is 0 Å². The maximum atomic E-state index is 2.41. The van der Waals surface area contributed by atoms with E-state index in [9.17, 15) is 0 Å². The molecule has 0 N–H and O–H groups in total. The highest BCUT2D eigenvalue weighted by Crippen LogP contribution is 2.15. The normalized spacial score (nSPS) is 11.4. The quantitative estimate of drug-likeness (QED) is 0.0520. The van der Waals surface area contributed by atoms with E-state index < -0.39 is 0 Å². The van der Waals surface area contributed by atoms with Gasteiger partial charge in [0.15, 0.2) is 7.14 Å². The van der Waals surface area contributed by atoms with Gasteiger partial charge in [0.2, 0.25) is 0 Å². The molecule has 0 amide bonds. The molecule has 2 aromatic rings. The van der Waals surface area contributed by atoms with Gasteiger partial charge in [0.1, 0.15) is 0 Å². The largest absolute Gasteiger partial charge is 0.357 e. The molecule has 0 nitrogen and oxygen atoms in total. The average molecular weight is 730 g/mol. The Hall–Kier alpha value is -0.830. The van der Waals surface area contributed by atoms with Gasteiger partial charge >= 0.3 is 21.2 Å². The highest BCUT2D eigenvalue weighted by molar-refractivity contribution is 5.16. The predicted molar refractivity (Wildman–Crippen MR) is 198 cm³/mol. The van der Waals surface area contributed by atoms with Gasteiger partial charge in [-0.15, -0.1) is 0 Å². The summed E-state index contributed by atoms with van der Waals surface area (Å²) in [5.41, 5.74) is 3.07. The van der Waals surface area contributed by atoms with Crippen LogP contribution in [-0.2, 0) is 12.8 Å². The number of hydrogen-bond donors (Lipinski definition) is 0. The minimum Gasteiger partial charge on any atom is -0.0654 e. The molecule has 2 rings (SSSR count). The van der Waals surface area contributed by atoms with Crippen LogP contribution in [0.4, 0.5) is 0 Å². The van der Waals surface area contributed by atoms with Gasteiger partial charge in [-0.05, 0) is 61.1 Å². The Morgan fingerprint density at radius 3 is 0.756 bits per heavy atom. The molecule has 0 radical (unpaired) electrons. The third-order valence-electron chi connectivity index (χ3n) is 9.68. The molecule has 0 aliphatic rings. The summed E-state index contributed by atoms with van der Waals surface area (Å²) in [7, 11) is 0. The number of aryl methyl sites for hydroxylation is 2. The van der Waals surface area contributed by atoms with Crippen molar-refractivity contribution in [2.24, 2.45) is 0 Å². The summed E-state index contributed by atoms with van der Waals surface area (Å²) in [5, 5.41) is 0. The van der Waals surface area contributed by atoms with Crippen molar-refractivity contribution in [1.29, 1.82) is 0 Å². The number of benzene rings is 2. The monoisotopic (exact) mass is 729 g/mol. The van der Waals surface area contributed by atoms with Crippen LogP contribution in [0.2, 0.25) is 0 Å². The Kier molecular flexibility index (Phi) is 27.3. The Morgan fingerprint density at radius 2 is 0.511 bits per heavy atom. The minimum absolute atomic E-state index is 0.0656. The molecule has 0 atom stereocenters. The Labute approximate surface area is 293 Å². The van der Waals surface area contributed by atoms with Crippen LogP contribution in [0.1, 0.15) is 205 Å². The van der Waals surface area contributed by atoms with Crippen molar-refractivity contribution in [3.8, 4) is 0 Å². The first-order valence-corrected chi connectivity index (χ1v) is 22.3. The van der Waals surface area contributed by atoms with Gasteiger partial charge in [-0.25, -0.2) is 0 Å². The van der Waals surface area contributed by atoms with Crippen LogP contribution in [0.15, 0.2) is 48.5 Å². The van der Waals surface area contributed by atoms with Crippen molar-refractivity contribution in [3.63, 3.8) is 0 Å². The summed E-state index contributed by atoms with van der Waals surface area (Å²) in [6.07, 6.45) is 42.7. The van der Waals surface area contributed by atoms with E-state index in [1.807, 2.05) is 0 Å². The molecule has 1 heteroatoms. The first-order chi connectivity index (χ1) is 22.3. The van der Waals surface area contributed by atoms with Gasteiger partial charge < -0.3 is 0 Å². The van der Waals surface area contributed by atoms with E-state index in [0.29, 0.717) is 0 Å². The van der Waals surface area contributed by atoms with E-state index in [2.05, 4.69) is 62.4 Å². The second kappa shape index (κ2) is 30.5. The van der Waals surface area contributed by atoms with Crippen LogP contribution in [0, 0.1) is 7.14 Å². The third kappa shape index (κ3) is 24.0. The van der Waals surface area contributed by atoms with Crippen molar-refractivity contribution < 1.29 is 21.2 Å². The Bertz CT molecular complexity index is 793. The summed E-state index contributed by atoms with van der Waals surface area (Å²) in [6.45, 7) is 4.61. The number of unbranched alkanes of at least 4 members (excludes halogenated alkanes) is 26. The van der Waals surface area contributed by atoms with Crippen LogP contribution in [0.25, 0.3) is 0 Å². The molecule has 0 aromatic heterocycles. The number of halogens is 1. The summed E-state index contributed by atoms with van der Waals surface area (Å²) < 4.78 is 3.11. The highest BCUT2D eigenvalue weighted by Gasteiger charge is 2.15. The standard InChI is InChI=1S/C44H74I/c1-3-5-7-9-11-13-15-17-19-21-23-25-27-29-31-41-33-37-43(38-34-41)45-44-39-35-42(36-40-44)32-30-28-26-24-22-20-18-16-14-12-10-8-6-4-2/h33-40H,3-32H2,1-2H3/q+1. The summed E-state index contributed by atoms with van der Waals surface area (Å²) in [6, 6.07) is 19.3. The van der Waals surface area contributed by atoms with Gasteiger partial charge in [0, 0.05) is 0 Å². The van der Waals surface area contributed by atoms with Crippen molar-refractivity contribution >= 4 is 0 Å². The lowest BCUT2D eigenvalue weighted by Gasteiger charge is -2.04. The molecule has 256 valence electrons. The topological polar surface area (TPSA) is 0 Å². The number of rotatable bonds is 32. The lowest BCUT2D eigenvalue weighted by Crippen LogP contribution is -3.61. The summed E-state index contributed by atoms with van der Waals surface area (Å²) in [4.78, 5) is 0. The number of hydrogen-bond acceptors (Lipinski definition) is 0. The Balaban J connectivity index is 1.41. The molecule has 0 unspecified atom stereocenters. The fourth-order valence-electron chi connectivity index (χ4n) is 6.60. The predicted octanol–water partition coefficient (Wildman–Crippen LogP) is 11.9. The zero-order chi connectivity index (χ0) is 31.9. The van der Waals surface area contributed by atoms with Gasteiger partial charge in [0.25, 0.3) is 0 Å². The van der Waals surface area contributed by atoms with Crippen molar-refractivity contribution in [1.82, 2.24) is 0 Å². The second-order valence-electron chi connectivity index (χ2n) is 14.0. The van der Waals surface area contributed by atoms with Crippen molar-refractivity contribution in [2.45, 2.75) is 206 Å². The van der Waals surface area contributed by atoms with Crippen LogP contribution in [0.3, 0.4) is 0 Å². The SMILES string of the molecule is CCCCCCCCCCCCCCCCc1ccc([I+]c2ccc(CCCCCCCCCCCCCCCC)cc2)cc1. The van der Waals surface area contributed by atoms with E-state index in [1.54, 1.807) is 7.14 Å². The van der Waals surface area contributed by atoms with Crippen molar-refractivity contribution in [3.05, 3.63) is 66.8 Å². The fourth-order valence-corrected chi connectivity index (χ4v) is 8.76. The average Bonchev–Trinajstić information content (AvgIpc) is 3.06. The molecular formula is C44H74I+. The summed E-state index contributed by atoms with van der Waals surface area (Å²) >= 11 is -0.0656. The zero-order valence-corrected chi connectivity index (χ0v) is 32.4. The van der Waals surface area contributed by atoms with Gasteiger partial charge in [-0.1, -0.05) is 205 Å². The van der Waals surface area contributed by atoms with Gasteiger partial charge in [-0.3, -0.25) is 0 Å². The molecule has 2 aromatic carbocycles. The lowest BCUT2D eigenvalue weighted by molar-refractivity contribution is -0.597. The highest BCUT2D eigenvalue weighted by atomic mass is 127. The van der Waals surface area contributed by atoms with E-state index in [-0.39, 0.29) is 21.2 Å². The molecule has 0 aliphatic carbocycles.